The van der Waals surface area contributed by atoms with Crippen molar-refractivity contribution in [2.75, 3.05) is 5.32 Å². The van der Waals surface area contributed by atoms with Crippen molar-refractivity contribution in [3.05, 3.63) is 58.2 Å². The fraction of sp³-hybridized carbons (Fsp3) is 0.0769. The molecule has 2 rings (SSSR count). The summed E-state index contributed by atoms with van der Waals surface area (Å²) in [5, 5.41) is 11.7. The second kappa shape index (κ2) is 5.63. The van der Waals surface area contributed by atoms with Crippen LogP contribution in [-0.2, 0) is 6.54 Å². The van der Waals surface area contributed by atoms with Crippen LogP contribution in [0.25, 0.3) is 0 Å². The van der Waals surface area contributed by atoms with Gasteiger partial charge in [0.25, 0.3) is 0 Å². The van der Waals surface area contributed by atoms with Gasteiger partial charge in [-0.1, -0.05) is 11.6 Å². The molecule has 0 radical (unpaired) electrons. The highest BCUT2D eigenvalue weighted by atomic mass is 35.5. The molecule has 6 heteroatoms. The molecule has 96 valence electrons. The Morgan fingerprint density at radius 3 is 2.84 bits per heavy atom. The number of nitrogens with one attached hydrogen (secondary N) is 1. The van der Waals surface area contributed by atoms with Crippen molar-refractivity contribution in [2.45, 2.75) is 6.54 Å². The average molecular weight is 280 g/mol. The van der Waals surface area contributed by atoms with E-state index in [1.54, 1.807) is 0 Å². The van der Waals surface area contributed by atoms with Crippen molar-refractivity contribution in [1.29, 1.82) is 5.26 Å². The Morgan fingerprint density at radius 2 is 2.11 bits per heavy atom. The van der Waals surface area contributed by atoms with E-state index in [1.165, 1.54) is 12.3 Å². The molecule has 0 amide bonds. The van der Waals surface area contributed by atoms with Crippen LogP contribution in [0.4, 0.5) is 14.6 Å². The Hall–Kier alpha value is -2.19. The van der Waals surface area contributed by atoms with Crippen LogP contribution in [0.2, 0.25) is 5.02 Å². The molecule has 0 spiro atoms. The summed E-state index contributed by atoms with van der Waals surface area (Å²) in [6.07, 6.45) is 1.41. The van der Waals surface area contributed by atoms with E-state index in [9.17, 15) is 8.78 Å². The Balaban J connectivity index is 2.20. The number of nitriles is 1. The number of benzene rings is 1. The third kappa shape index (κ3) is 2.98. The lowest BCUT2D eigenvalue weighted by Crippen LogP contribution is -2.05. The highest BCUT2D eigenvalue weighted by Crippen LogP contribution is 2.23. The highest BCUT2D eigenvalue weighted by molar-refractivity contribution is 6.34. The molecule has 19 heavy (non-hydrogen) atoms. The molecule has 0 saturated heterocycles. The molecule has 0 unspecified atom stereocenters. The third-order valence-electron chi connectivity index (χ3n) is 2.46. The summed E-state index contributed by atoms with van der Waals surface area (Å²) >= 11 is 5.93. The number of hydrogen-bond acceptors (Lipinski definition) is 3. The largest absolute Gasteiger partial charge is 0.365 e. The Labute approximate surface area is 113 Å². The zero-order valence-corrected chi connectivity index (χ0v) is 10.4. The summed E-state index contributed by atoms with van der Waals surface area (Å²) in [7, 11) is 0. The van der Waals surface area contributed by atoms with Crippen molar-refractivity contribution in [3.8, 4) is 6.07 Å². The number of hydrogen-bond donors (Lipinski definition) is 1. The fourth-order valence-electron chi connectivity index (χ4n) is 1.51. The van der Waals surface area contributed by atoms with Crippen LogP contribution in [0.1, 0.15) is 11.1 Å². The van der Waals surface area contributed by atoms with E-state index in [0.29, 0.717) is 0 Å². The van der Waals surface area contributed by atoms with Gasteiger partial charge in [0.05, 0.1) is 5.56 Å². The molecule has 0 fully saturated rings. The predicted octanol–water partition coefficient (Wildman–Crippen LogP) is 3.50. The summed E-state index contributed by atoms with van der Waals surface area (Å²) in [4.78, 5) is 3.94. The van der Waals surface area contributed by atoms with Gasteiger partial charge in [0.1, 0.15) is 28.5 Å². The van der Waals surface area contributed by atoms with Gasteiger partial charge >= 0.3 is 0 Å². The first-order valence-corrected chi connectivity index (χ1v) is 5.72. The lowest BCUT2D eigenvalue weighted by Gasteiger charge is -2.08. The van der Waals surface area contributed by atoms with E-state index in [-0.39, 0.29) is 28.5 Å². The quantitative estimate of drug-likeness (QED) is 0.935. The molecule has 0 bridgehead atoms. The summed E-state index contributed by atoms with van der Waals surface area (Å²) in [5.41, 5.74) is 0.416. The number of nitrogens with zero attached hydrogens (tertiary/aromatic N) is 2. The van der Waals surface area contributed by atoms with Crippen LogP contribution in [0.15, 0.2) is 30.5 Å². The number of halogens is 3. The van der Waals surface area contributed by atoms with Crippen LogP contribution < -0.4 is 5.32 Å². The van der Waals surface area contributed by atoms with E-state index in [0.717, 1.165) is 18.2 Å². The molecule has 2 aromatic rings. The molecule has 0 aliphatic heterocycles. The molecular weight excluding hydrogens is 272 g/mol. The van der Waals surface area contributed by atoms with Gasteiger partial charge < -0.3 is 5.32 Å². The molecule has 1 aromatic heterocycles. The van der Waals surface area contributed by atoms with E-state index < -0.39 is 11.6 Å². The Bertz CT molecular complexity index is 653. The minimum Gasteiger partial charge on any atom is -0.365 e. The first-order valence-electron chi connectivity index (χ1n) is 5.34. The lowest BCUT2D eigenvalue weighted by atomic mass is 10.2. The minimum atomic E-state index is -0.526. The van der Waals surface area contributed by atoms with Crippen LogP contribution in [-0.4, -0.2) is 4.98 Å². The van der Waals surface area contributed by atoms with Crippen LogP contribution >= 0.6 is 11.6 Å². The Morgan fingerprint density at radius 1 is 1.32 bits per heavy atom. The van der Waals surface area contributed by atoms with Crippen LogP contribution in [0.3, 0.4) is 0 Å². The van der Waals surface area contributed by atoms with Gasteiger partial charge in [-0.15, -0.1) is 0 Å². The van der Waals surface area contributed by atoms with Gasteiger partial charge in [-0.2, -0.15) is 5.26 Å². The Kier molecular flexibility index (Phi) is 3.93. The molecule has 0 aliphatic carbocycles. The van der Waals surface area contributed by atoms with Crippen LogP contribution in [0, 0.1) is 23.0 Å². The summed E-state index contributed by atoms with van der Waals surface area (Å²) < 4.78 is 26.4. The summed E-state index contributed by atoms with van der Waals surface area (Å²) in [5.74, 6) is -0.797. The topological polar surface area (TPSA) is 48.7 Å². The number of anilines is 1. The molecule has 1 N–H and O–H groups in total. The molecule has 1 heterocycles. The van der Waals surface area contributed by atoms with Crippen molar-refractivity contribution >= 4 is 17.4 Å². The minimum absolute atomic E-state index is 0.0190. The lowest BCUT2D eigenvalue weighted by molar-refractivity contribution is 0.587. The number of aromatic nitrogens is 1. The molecule has 1 aromatic carbocycles. The molecular formula is C13H8ClF2N3. The van der Waals surface area contributed by atoms with Crippen LogP contribution in [0.5, 0.6) is 0 Å². The second-order valence-corrected chi connectivity index (χ2v) is 4.10. The normalized spacial score (nSPS) is 10.0. The molecule has 0 saturated carbocycles. The highest BCUT2D eigenvalue weighted by Gasteiger charge is 2.08. The smallest absolute Gasteiger partial charge is 0.146 e. The monoisotopic (exact) mass is 279 g/mol. The first-order chi connectivity index (χ1) is 9.11. The first kappa shape index (κ1) is 13.2. The van der Waals surface area contributed by atoms with Gasteiger partial charge in [-0.3, -0.25) is 0 Å². The molecule has 0 aliphatic rings. The third-order valence-corrected chi connectivity index (χ3v) is 2.85. The zero-order chi connectivity index (χ0) is 13.8. The fourth-order valence-corrected chi connectivity index (χ4v) is 1.73. The van der Waals surface area contributed by atoms with Gasteiger partial charge in [-0.25, -0.2) is 13.8 Å². The van der Waals surface area contributed by atoms with Crippen molar-refractivity contribution in [1.82, 2.24) is 4.98 Å². The average Bonchev–Trinajstić information content (AvgIpc) is 2.41. The number of pyridine rings is 1. The summed E-state index contributed by atoms with van der Waals surface area (Å²) in [6, 6.07) is 6.56. The number of rotatable bonds is 3. The maximum Gasteiger partial charge on any atom is 0.146 e. The second-order valence-electron chi connectivity index (χ2n) is 3.72. The van der Waals surface area contributed by atoms with Crippen molar-refractivity contribution in [2.24, 2.45) is 0 Å². The zero-order valence-electron chi connectivity index (χ0n) is 9.62. The maximum absolute atomic E-state index is 13.4. The van der Waals surface area contributed by atoms with Gasteiger partial charge in [-0.05, 0) is 24.3 Å². The maximum atomic E-state index is 13.4. The predicted molar refractivity (Wildman–Crippen MR) is 67.6 cm³/mol. The molecule has 0 atom stereocenters. The van der Waals surface area contributed by atoms with Crippen molar-refractivity contribution < 1.29 is 8.78 Å². The SMILES string of the molecule is N#Cc1ccnc(NCc2cc(F)ccc2F)c1Cl. The van der Waals surface area contributed by atoms with E-state index in [2.05, 4.69) is 10.3 Å². The van der Waals surface area contributed by atoms with Gasteiger partial charge in [0.15, 0.2) is 0 Å². The van der Waals surface area contributed by atoms with Gasteiger partial charge in [0.2, 0.25) is 0 Å². The van der Waals surface area contributed by atoms with E-state index >= 15 is 0 Å². The molecule has 3 nitrogen and oxygen atoms in total. The standard InChI is InChI=1S/C13H8ClF2N3/c14-12-8(6-17)3-4-18-13(12)19-7-9-5-10(15)1-2-11(9)16/h1-5H,7H2,(H,18,19). The summed E-state index contributed by atoms with van der Waals surface area (Å²) in [6.45, 7) is 0.0190. The van der Waals surface area contributed by atoms with E-state index in [4.69, 9.17) is 16.9 Å². The van der Waals surface area contributed by atoms with Gasteiger partial charge in [0, 0.05) is 18.3 Å². The van der Waals surface area contributed by atoms with E-state index in [1.807, 2.05) is 6.07 Å². The van der Waals surface area contributed by atoms with Crippen molar-refractivity contribution in [3.63, 3.8) is 0 Å².